The summed E-state index contributed by atoms with van der Waals surface area (Å²) in [6, 6.07) is 6.42. The molecule has 3 atom stereocenters. The van der Waals surface area contributed by atoms with E-state index in [2.05, 4.69) is 43.9 Å². The molecule has 2 aromatic rings. The molecule has 2 amide bonds. The molecule has 3 heterocycles. The lowest BCUT2D eigenvalue weighted by atomic mass is 9.97. The van der Waals surface area contributed by atoms with Crippen LogP contribution < -0.4 is 4.90 Å². The number of carbonyl (C=O) groups excluding carboxylic acids is 2. The fourth-order valence-corrected chi connectivity index (χ4v) is 6.90. The smallest absolute Gasteiger partial charge is 0.274 e. The number of aromatic nitrogens is 2. The number of anilines is 1. The molecule has 2 saturated heterocycles. The number of amides is 2. The van der Waals surface area contributed by atoms with Gasteiger partial charge in [0.15, 0.2) is 5.69 Å². The summed E-state index contributed by atoms with van der Waals surface area (Å²) in [6.07, 6.45) is 2.59. The lowest BCUT2D eigenvalue weighted by Crippen LogP contribution is -2.50. The van der Waals surface area contributed by atoms with Gasteiger partial charge in [-0.1, -0.05) is 19.1 Å². The third kappa shape index (κ3) is 4.23. The van der Waals surface area contributed by atoms with Crippen LogP contribution in [-0.2, 0) is 17.8 Å². The molecule has 1 aromatic heterocycles. The maximum absolute atomic E-state index is 13.5. The highest BCUT2D eigenvalue weighted by Gasteiger charge is 2.56. The Morgan fingerprint density at radius 1 is 1.03 bits per heavy atom. The van der Waals surface area contributed by atoms with Crippen LogP contribution in [-0.4, -0.2) is 82.4 Å². The number of benzene rings is 1. The maximum atomic E-state index is 13.5. The molecular weight excluding hydrogens is 466 g/mol. The molecular formula is C29H39N5O3. The summed E-state index contributed by atoms with van der Waals surface area (Å²) in [5, 5.41) is 14.3. The Balaban J connectivity index is 1.15. The molecule has 6 rings (SSSR count). The van der Waals surface area contributed by atoms with E-state index in [1.807, 2.05) is 14.5 Å². The van der Waals surface area contributed by atoms with Gasteiger partial charge in [0.2, 0.25) is 5.91 Å². The highest BCUT2D eigenvalue weighted by molar-refractivity contribution is 5.95. The zero-order chi connectivity index (χ0) is 25.8. The third-order valence-electron chi connectivity index (χ3n) is 9.62. The lowest BCUT2D eigenvalue weighted by Gasteiger charge is -2.37. The van der Waals surface area contributed by atoms with Crippen molar-refractivity contribution in [1.82, 2.24) is 19.6 Å². The second-order valence-corrected chi connectivity index (χ2v) is 11.6. The van der Waals surface area contributed by atoms with Gasteiger partial charge >= 0.3 is 0 Å². The van der Waals surface area contributed by atoms with Gasteiger partial charge in [-0.15, -0.1) is 0 Å². The number of nitrogens with zero attached hydrogens (tertiary/aromatic N) is 5. The van der Waals surface area contributed by atoms with Crippen molar-refractivity contribution in [1.29, 1.82) is 0 Å². The van der Waals surface area contributed by atoms with Crippen LogP contribution in [0.3, 0.4) is 0 Å². The molecule has 1 N–H and O–H groups in total. The Kier molecular flexibility index (Phi) is 6.25. The minimum Gasteiger partial charge on any atom is -0.396 e. The molecule has 3 unspecified atom stereocenters. The highest BCUT2D eigenvalue weighted by Crippen LogP contribution is 2.62. The first-order valence-electron chi connectivity index (χ1n) is 14.0. The molecule has 2 aliphatic heterocycles. The second kappa shape index (κ2) is 9.46. The van der Waals surface area contributed by atoms with Gasteiger partial charge in [0.25, 0.3) is 5.91 Å². The van der Waals surface area contributed by atoms with Crippen LogP contribution in [0.1, 0.15) is 58.6 Å². The van der Waals surface area contributed by atoms with Crippen molar-refractivity contribution in [3.8, 4) is 0 Å². The quantitative estimate of drug-likeness (QED) is 0.676. The maximum Gasteiger partial charge on any atom is 0.274 e. The number of rotatable bonds is 5. The molecule has 198 valence electrons. The molecule has 37 heavy (non-hydrogen) atoms. The Morgan fingerprint density at radius 3 is 2.46 bits per heavy atom. The molecule has 8 heteroatoms. The van der Waals surface area contributed by atoms with Crippen LogP contribution in [0, 0.1) is 31.6 Å². The molecule has 3 fully saturated rings. The van der Waals surface area contributed by atoms with Crippen molar-refractivity contribution in [3.63, 3.8) is 0 Å². The number of piperidine rings is 1. The van der Waals surface area contributed by atoms with Gasteiger partial charge in [-0.2, -0.15) is 5.10 Å². The van der Waals surface area contributed by atoms with Gasteiger partial charge in [-0.25, -0.2) is 0 Å². The van der Waals surface area contributed by atoms with E-state index in [0.29, 0.717) is 49.6 Å². The Hall–Kier alpha value is -2.87. The van der Waals surface area contributed by atoms with Gasteiger partial charge in [0.1, 0.15) is 6.54 Å². The zero-order valence-electron chi connectivity index (χ0n) is 22.3. The number of aliphatic hydroxyl groups is 1. The van der Waals surface area contributed by atoms with Crippen LogP contribution in [0.15, 0.2) is 18.2 Å². The van der Waals surface area contributed by atoms with E-state index in [1.165, 1.54) is 16.8 Å². The average Bonchev–Trinajstić information content (AvgIpc) is 3.23. The van der Waals surface area contributed by atoms with Crippen molar-refractivity contribution in [2.45, 2.75) is 52.5 Å². The molecule has 1 aromatic carbocycles. The Bertz CT molecular complexity index is 1210. The fraction of sp³-hybridized carbons (Fsp3) is 0.621. The predicted molar refractivity (Wildman–Crippen MR) is 142 cm³/mol. The van der Waals surface area contributed by atoms with Crippen molar-refractivity contribution < 1.29 is 14.7 Å². The largest absolute Gasteiger partial charge is 0.396 e. The number of aliphatic hydroxyl groups excluding tert-OH is 1. The van der Waals surface area contributed by atoms with Crippen molar-refractivity contribution in [2.75, 3.05) is 50.8 Å². The minimum absolute atomic E-state index is 0.000674. The molecule has 4 aliphatic rings. The number of hydrogen-bond donors (Lipinski definition) is 1. The molecule has 1 saturated carbocycles. The van der Waals surface area contributed by atoms with E-state index in [0.717, 1.165) is 43.6 Å². The van der Waals surface area contributed by atoms with Crippen LogP contribution in [0.5, 0.6) is 0 Å². The van der Waals surface area contributed by atoms with Crippen molar-refractivity contribution >= 4 is 17.5 Å². The van der Waals surface area contributed by atoms with Crippen LogP contribution in [0.2, 0.25) is 0 Å². The van der Waals surface area contributed by atoms with Gasteiger partial charge < -0.3 is 19.8 Å². The summed E-state index contributed by atoms with van der Waals surface area (Å²) in [7, 11) is 0. The summed E-state index contributed by atoms with van der Waals surface area (Å²) >= 11 is 0. The van der Waals surface area contributed by atoms with Crippen LogP contribution >= 0.6 is 0 Å². The van der Waals surface area contributed by atoms with E-state index < -0.39 is 0 Å². The predicted octanol–water partition coefficient (Wildman–Crippen LogP) is 2.60. The Labute approximate surface area is 219 Å². The fourth-order valence-electron chi connectivity index (χ4n) is 6.90. The van der Waals surface area contributed by atoms with Gasteiger partial charge in [0.05, 0.1) is 0 Å². The number of aryl methyl sites for hydroxylation is 1. The third-order valence-corrected chi connectivity index (χ3v) is 9.62. The van der Waals surface area contributed by atoms with Gasteiger partial charge in [0, 0.05) is 62.8 Å². The lowest BCUT2D eigenvalue weighted by molar-refractivity contribution is -0.132. The standard InChI is InChI=1S/C29H39N5O3/c1-18-5-4-6-23(19(18)2)31-11-13-32(14-12-31)25(36)16-34-24-15-22-20(3)26(22)27(24)28(30-34)29(37)33-9-7-21(17-35)8-10-33/h4-6,20-22,26,35H,7-17H2,1-3H3. The second-order valence-electron chi connectivity index (χ2n) is 11.6. The summed E-state index contributed by atoms with van der Waals surface area (Å²) in [6.45, 7) is 11.3. The van der Waals surface area contributed by atoms with Crippen molar-refractivity contribution in [2.24, 2.45) is 17.8 Å². The number of piperazine rings is 1. The van der Waals surface area contributed by atoms with Crippen LogP contribution in [0.25, 0.3) is 0 Å². The topological polar surface area (TPSA) is 81.9 Å². The number of fused-ring (bicyclic) bond motifs is 3. The molecule has 0 spiro atoms. The minimum atomic E-state index is 0.000674. The molecule has 0 radical (unpaired) electrons. The highest BCUT2D eigenvalue weighted by atomic mass is 16.3. The summed E-state index contributed by atoms with van der Waals surface area (Å²) in [4.78, 5) is 33.1. The Morgan fingerprint density at radius 2 is 1.76 bits per heavy atom. The summed E-state index contributed by atoms with van der Waals surface area (Å²) in [5.74, 6) is 1.96. The van der Waals surface area contributed by atoms with E-state index in [1.54, 1.807) is 0 Å². The molecule has 8 nitrogen and oxygen atoms in total. The molecule has 0 bridgehead atoms. The molecule has 2 aliphatic carbocycles. The number of likely N-dealkylation sites (tertiary alicyclic amines) is 1. The normalized spacial score (nSPS) is 25.3. The van der Waals surface area contributed by atoms with Gasteiger partial charge in [-0.05, 0) is 74.0 Å². The zero-order valence-corrected chi connectivity index (χ0v) is 22.3. The number of carbonyl (C=O) groups is 2. The van der Waals surface area contributed by atoms with Crippen molar-refractivity contribution in [3.05, 3.63) is 46.3 Å². The van der Waals surface area contributed by atoms with E-state index in [4.69, 9.17) is 5.10 Å². The first-order valence-corrected chi connectivity index (χ1v) is 14.0. The van der Waals surface area contributed by atoms with E-state index >= 15 is 0 Å². The summed E-state index contributed by atoms with van der Waals surface area (Å²) in [5.41, 5.74) is 6.64. The summed E-state index contributed by atoms with van der Waals surface area (Å²) < 4.78 is 1.85. The first kappa shape index (κ1) is 24.5. The SMILES string of the molecule is Cc1cccc(N2CCN(C(=O)Cn3nc(C(=O)N4CCC(CO)CC4)c4c3CC3C(C)C43)CC2)c1C. The monoisotopic (exact) mass is 505 g/mol. The van der Waals surface area contributed by atoms with Crippen LogP contribution in [0.4, 0.5) is 5.69 Å². The number of hydrogen-bond acceptors (Lipinski definition) is 5. The average molecular weight is 506 g/mol. The van der Waals surface area contributed by atoms with E-state index in [9.17, 15) is 14.7 Å². The van der Waals surface area contributed by atoms with Gasteiger partial charge in [-0.3, -0.25) is 14.3 Å². The first-order chi connectivity index (χ1) is 17.9. The van der Waals surface area contributed by atoms with E-state index in [-0.39, 0.29) is 30.9 Å².